The number of nitro groups is 1. The van der Waals surface area contributed by atoms with E-state index in [1.807, 2.05) is 0 Å². The number of nitrogens with one attached hydrogen (secondary N) is 1. The molecule has 1 aromatic carbocycles. The first-order chi connectivity index (χ1) is 15.1. The third kappa shape index (κ3) is 5.43. The SMILES string of the molecule is CCOC(=O)c1c(NC(=O)/C=C/c2ccc([N+](=O)[O-])cc2)sc2c1CC[C@@H](C(C)(C)C)C2. The molecule has 1 atom stereocenters. The normalized spacial score (nSPS) is 15.9. The molecule has 170 valence electrons. The van der Waals surface area contributed by atoms with E-state index in [9.17, 15) is 19.7 Å². The first-order valence-corrected chi connectivity index (χ1v) is 11.5. The Morgan fingerprint density at radius 3 is 2.56 bits per heavy atom. The lowest BCUT2D eigenvalue weighted by molar-refractivity contribution is -0.384. The third-order valence-electron chi connectivity index (χ3n) is 5.74. The fourth-order valence-corrected chi connectivity index (χ4v) is 5.18. The molecule has 0 saturated heterocycles. The van der Waals surface area contributed by atoms with Gasteiger partial charge < -0.3 is 10.1 Å². The molecule has 0 saturated carbocycles. The highest BCUT2D eigenvalue weighted by Gasteiger charge is 2.34. The van der Waals surface area contributed by atoms with E-state index in [1.54, 1.807) is 25.1 Å². The van der Waals surface area contributed by atoms with Gasteiger partial charge in [-0.3, -0.25) is 14.9 Å². The van der Waals surface area contributed by atoms with Gasteiger partial charge in [0, 0.05) is 23.1 Å². The molecule has 0 bridgehead atoms. The Kier molecular flexibility index (Phi) is 7.13. The molecule has 0 fully saturated rings. The number of esters is 1. The summed E-state index contributed by atoms with van der Waals surface area (Å²) in [5.74, 6) is -0.275. The molecule has 1 aliphatic carbocycles. The number of amides is 1. The standard InChI is InChI=1S/C24H28N2O5S/c1-5-31-23(28)21-18-12-9-16(24(2,3)4)14-19(18)32-22(21)25-20(27)13-8-15-6-10-17(11-7-15)26(29)30/h6-8,10-11,13,16H,5,9,12,14H2,1-4H3,(H,25,27)/b13-8+/t16-/m1/s1. The number of hydrogen-bond acceptors (Lipinski definition) is 6. The lowest BCUT2D eigenvalue weighted by atomic mass is 9.72. The number of carbonyl (C=O) groups excluding carboxylic acids is 2. The van der Waals surface area contributed by atoms with E-state index in [2.05, 4.69) is 26.1 Å². The molecule has 0 radical (unpaired) electrons. The molecule has 7 nitrogen and oxygen atoms in total. The van der Waals surface area contributed by atoms with E-state index in [0.717, 1.165) is 29.7 Å². The first kappa shape index (κ1) is 23.7. The van der Waals surface area contributed by atoms with Crippen molar-refractivity contribution in [2.45, 2.75) is 47.0 Å². The van der Waals surface area contributed by atoms with Gasteiger partial charge in [-0.15, -0.1) is 11.3 Å². The number of nitro benzene ring substituents is 1. The predicted molar refractivity (Wildman–Crippen MR) is 126 cm³/mol. The van der Waals surface area contributed by atoms with Crippen molar-refractivity contribution >= 4 is 40.0 Å². The number of thiophene rings is 1. The van der Waals surface area contributed by atoms with Crippen molar-refractivity contribution < 1.29 is 19.2 Å². The summed E-state index contributed by atoms with van der Waals surface area (Å²) in [7, 11) is 0. The Morgan fingerprint density at radius 2 is 1.97 bits per heavy atom. The number of benzene rings is 1. The summed E-state index contributed by atoms with van der Waals surface area (Å²) in [5.41, 5.74) is 2.28. The maximum Gasteiger partial charge on any atom is 0.341 e. The molecular formula is C24H28N2O5S. The molecule has 0 aliphatic heterocycles. The van der Waals surface area contributed by atoms with Gasteiger partial charge in [0.1, 0.15) is 5.00 Å². The quantitative estimate of drug-likeness (QED) is 0.263. The van der Waals surface area contributed by atoms with Crippen LogP contribution in [0.5, 0.6) is 0 Å². The molecular weight excluding hydrogens is 428 g/mol. The number of ether oxygens (including phenoxy) is 1. The number of carbonyl (C=O) groups is 2. The van der Waals surface area contributed by atoms with E-state index in [1.165, 1.54) is 29.5 Å². The maximum absolute atomic E-state index is 12.7. The fraction of sp³-hybridized carbons (Fsp3) is 0.417. The van der Waals surface area contributed by atoms with Crippen LogP contribution in [-0.4, -0.2) is 23.4 Å². The third-order valence-corrected chi connectivity index (χ3v) is 6.91. The lowest BCUT2D eigenvalue weighted by Gasteiger charge is -2.33. The topological polar surface area (TPSA) is 98.5 Å². The Bertz CT molecular complexity index is 1050. The van der Waals surface area contributed by atoms with Crippen LogP contribution in [0.4, 0.5) is 10.7 Å². The summed E-state index contributed by atoms with van der Waals surface area (Å²) < 4.78 is 5.27. The number of rotatable bonds is 6. The van der Waals surface area contributed by atoms with E-state index in [0.29, 0.717) is 22.0 Å². The van der Waals surface area contributed by atoms with Crippen LogP contribution in [0.2, 0.25) is 0 Å². The van der Waals surface area contributed by atoms with Crippen molar-refractivity contribution in [2.75, 3.05) is 11.9 Å². The number of non-ortho nitro benzene ring substituents is 1. The Labute approximate surface area is 191 Å². The van der Waals surface area contributed by atoms with Gasteiger partial charge in [-0.2, -0.15) is 0 Å². The van der Waals surface area contributed by atoms with E-state index in [-0.39, 0.29) is 23.6 Å². The second-order valence-corrected chi connectivity index (χ2v) is 10.0. The zero-order valence-electron chi connectivity index (χ0n) is 18.8. The first-order valence-electron chi connectivity index (χ1n) is 10.6. The highest BCUT2D eigenvalue weighted by molar-refractivity contribution is 7.17. The zero-order valence-corrected chi connectivity index (χ0v) is 19.6. The number of hydrogen-bond donors (Lipinski definition) is 1. The van der Waals surface area contributed by atoms with E-state index in [4.69, 9.17) is 4.74 Å². The molecule has 0 spiro atoms. The second kappa shape index (κ2) is 9.65. The molecule has 32 heavy (non-hydrogen) atoms. The Hall–Kier alpha value is -3.00. The van der Waals surface area contributed by atoms with Crippen molar-refractivity contribution in [3.05, 3.63) is 62.0 Å². The van der Waals surface area contributed by atoms with Gasteiger partial charge in [0.15, 0.2) is 0 Å². The van der Waals surface area contributed by atoms with Gasteiger partial charge >= 0.3 is 5.97 Å². The van der Waals surface area contributed by atoms with Gasteiger partial charge in [0.2, 0.25) is 5.91 Å². The molecule has 8 heteroatoms. The summed E-state index contributed by atoms with van der Waals surface area (Å²) in [5, 5.41) is 14.1. The summed E-state index contributed by atoms with van der Waals surface area (Å²) in [6.07, 6.45) is 5.59. The summed E-state index contributed by atoms with van der Waals surface area (Å²) >= 11 is 1.45. The second-order valence-electron chi connectivity index (χ2n) is 8.91. The van der Waals surface area contributed by atoms with Gasteiger partial charge in [-0.25, -0.2) is 4.79 Å². The van der Waals surface area contributed by atoms with Crippen molar-refractivity contribution in [1.82, 2.24) is 0 Å². The van der Waals surface area contributed by atoms with E-state index < -0.39 is 10.9 Å². The van der Waals surface area contributed by atoms with Crippen LogP contribution >= 0.6 is 11.3 Å². The molecule has 1 amide bonds. The minimum absolute atomic E-state index is 0.0107. The Balaban J connectivity index is 1.81. The van der Waals surface area contributed by atoms with Gasteiger partial charge in [-0.05, 0) is 66.9 Å². The van der Waals surface area contributed by atoms with Crippen molar-refractivity contribution in [2.24, 2.45) is 11.3 Å². The van der Waals surface area contributed by atoms with Crippen LogP contribution in [0.1, 0.15) is 60.5 Å². The van der Waals surface area contributed by atoms with Crippen molar-refractivity contribution in [1.29, 1.82) is 0 Å². The lowest BCUT2D eigenvalue weighted by Crippen LogP contribution is -2.26. The molecule has 0 unspecified atom stereocenters. The summed E-state index contributed by atoms with van der Waals surface area (Å²) in [4.78, 5) is 36.7. The van der Waals surface area contributed by atoms with Crippen LogP contribution in [0.3, 0.4) is 0 Å². The van der Waals surface area contributed by atoms with Gasteiger partial charge in [0.05, 0.1) is 17.1 Å². The molecule has 1 heterocycles. The van der Waals surface area contributed by atoms with Crippen LogP contribution in [-0.2, 0) is 22.4 Å². The highest BCUT2D eigenvalue weighted by Crippen LogP contribution is 2.44. The van der Waals surface area contributed by atoms with Crippen molar-refractivity contribution in [3.8, 4) is 0 Å². The van der Waals surface area contributed by atoms with E-state index >= 15 is 0 Å². The predicted octanol–water partition coefficient (Wildman–Crippen LogP) is 5.64. The van der Waals surface area contributed by atoms with Gasteiger partial charge in [0.25, 0.3) is 5.69 Å². The van der Waals surface area contributed by atoms with Crippen LogP contribution in [0, 0.1) is 21.4 Å². The Morgan fingerprint density at radius 1 is 1.28 bits per heavy atom. The number of anilines is 1. The largest absolute Gasteiger partial charge is 0.462 e. The maximum atomic E-state index is 12.7. The average molecular weight is 457 g/mol. The average Bonchev–Trinajstić information content (AvgIpc) is 3.09. The fourth-order valence-electron chi connectivity index (χ4n) is 3.87. The summed E-state index contributed by atoms with van der Waals surface area (Å²) in [6.45, 7) is 8.72. The van der Waals surface area contributed by atoms with Crippen molar-refractivity contribution in [3.63, 3.8) is 0 Å². The molecule has 1 aliphatic rings. The number of nitrogens with zero attached hydrogens (tertiary/aromatic N) is 1. The number of fused-ring (bicyclic) bond motifs is 1. The smallest absolute Gasteiger partial charge is 0.341 e. The van der Waals surface area contributed by atoms with Gasteiger partial charge in [-0.1, -0.05) is 20.8 Å². The minimum Gasteiger partial charge on any atom is -0.462 e. The molecule has 1 aromatic heterocycles. The highest BCUT2D eigenvalue weighted by atomic mass is 32.1. The molecule has 1 N–H and O–H groups in total. The minimum atomic E-state index is -0.472. The summed E-state index contributed by atoms with van der Waals surface area (Å²) in [6, 6.07) is 5.91. The molecule has 2 aromatic rings. The molecule has 3 rings (SSSR count). The van der Waals surface area contributed by atoms with Crippen LogP contribution in [0.15, 0.2) is 30.3 Å². The van der Waals surface area contributed by atoms with Crippen LogP contribution in [0.25, 0.3) is 6.08 Å². The zero-order chi connectivity index (χ0) is 23.5. The van der Waals surface area contributed by atoms with Crippen LogP contribution < -0.4 is 5.32 Å². The monoisotopic (exact) mass is 456 g/mol.